The molecule has 0 heterocycles. The first kappa shape index (κ1) is 25.0. The second-order valence-electron chi connectivity index (χ2n) is 7.90. The molecule has 34 heavy (non-hydrogen) atoms. The van der Waals surface area contributed by atoms with Crippen molar-refractivity contribution in [3.05, 3.63) is 106 Å². The fraction of sp³-hybridized carbons (Fsp3) is 0.208. The Morgan fingerprint density at radius 1 is 1.06 bits per heavy atom. The number of benzene rings is 3. The number of para-hydroxylation sites is 1. The molecule has 0 radical (unpaired) electrons. The average molecular weight is 485 g/mol. The molecule has 10 heteroatoms. The summed E-state index contributed by atoms with van der Waals surface area (Å²) in [5.74, 6) is -1.10. The zero-order valence-corrected chi connectivity index (χ0v) is 19.4. The van der Waals surface area contributed by atoms with E-state index in [1.807, 2.05) is 0 Å². The smallest absolute Gasteiger partial charge is 0.330 e. The van der Waals surface area contributed by atoms with Crippen molar-refractivity contribution in [3.63, 3.8) is 0 Å². The van der Waals surface area contributed by atoms with E-state index < -0.39 is 38.2 Å². The summed E-state index contributed by atoms with van der Waals surface area (Å²) in [5.41, 5.74) is -1.53. The van der Waals surface area contributed by atoms with Crippen molar-refractivity contribution in [3.8, 4) is 0 Å². The van der Waals surface area contributed by atoms with Crippen molar-refractivity contribution in [2.24, 2.45) is 0 Å². The quantitative estimate of drug-likeness (QED) is 0.270. The van der Waals surface area contributed by atoms with Crippen LogP contribution >= 0.6 is 0 Å². The molecule has 0 saturated heterocycles. The van der Waals surface area contributed by atoms with Gasteiger partial charge in [-0.2, -0.15) is 4.72 Å². The molecule has 0 aliphatic rings. The van der Waals surface area contributed by atoms with E-state index in [9.17, 15) is 28.4 Å². The number of esters is 1. The van der Waals surface area contributed by atoms with Gasteiger partial charge in [-0.25, -0.2) is 13.2 Å². The number of aliphatic hydroxyl groups is 1. The number of carbonyl (C=O) groups excluding carboxylic acids is 1. The highest BCUT2D eigenvalue weighted by Crippen LogP contribution is 2.34. The van der Waals surface area contributed by atoms with Gasteiger partial charge in [0.2, 0.25) is 10.0 Å². The molecule has 3 aromatic rings. The van der Waals surface area contributed by atoms with Crippen LogP contribution in [0.25, 0.3) is 0 Å². The van der Waals surface area contributed by atoms with E-state index >= 15 is 0 Å². The Kier molecular flexibility index (Phi) is 7.45. The number of nitrogens with one attached hydrogen (secondary N) is 1. The summed E-state index contributed by atoms with van der Waals surface area (Å²) in [4.78, 5) is 23.9. The van der Waals surface area contributed by atoms with Crippen LogP contribution in [-0.2, 0) is 26.2 Å². The van der Waals surface area contributed by atoms with Crippen LogP contribution in [0.4, 0.5) is 5.69 Å². The molecule has 0 saturated carbocycles. The molecule has 0 bridgehead atoms. The van der Waals surface area contributed by atoms with Crippen LogP contribution < -0.4 is 4.72 Å². The maximum absolute atomic E-state index is 13.2. The fourth-order valence-corrected chi connectivity index (χ4v) is 4.70. The number of sulfonamides is 1. The van der Waals surface area contributed by atoms with Crippen LogP contribution in [0.5, 0.6) is 0 Å². The van der Waals surface area contributed by atoms with E-state index in [2.05, 4.69) is 4.72 Å². The minimum atomic E-state index is -4.33. The SMILES string of the molecule is Cc1ccc(S(=O)(=O)N[C@](C)(C(=O)OCc2ccccc2)[C@H](O)c2ccccc2[N+](=O)[O-])cc1. The lowest BCUT2D eigenvalue weighted by atomic mass is 9.89. The zero-order valence-electron chi connectivity index (χ0n) is 18.5. The number of nitro groups is 1. The van der Waals surface area contributed by atoms with Gasteiger partial charge in [0, 0.05) is 6.07 Å². The number of hydrogen-bond donors (Lipinski definition) is 2. The number of rotatable bonds is 9. The van der Waals surface area contributed by atoms with Crippen molar-refractivity contribution < 1.29 is 28.0 Å². The summed E-state index contributed by atoms with van der Waals surface area (Å²) in [6, 6.07) is 19.8. The molecule has 0 spiro atoms. The molecule has 0 aliphatic carbocycles. The third-order valence-corrected chi connectivity index (χ3v) is 6.87. The topological polar surface area (TPSA) is 136 Å². The Morgan fingerprint density at radius 3 is 2.26 bits per heavy atom. The van der Waals surface area contributed by atoms with Gasteiger partial charge in [-0.3, -0.25) is 10.1 Å². The van der Waals surface area contributed by atoms with Crippen LogP contribution in [0.2, 0.25) is 0 Å². The molecule has 9 nitrogen and oxygen atoms in total. The number of nitrogens with zero attached hydrogens (tertiary/aromatic N) is 1. The minimum Gasteiger partial charge on any atom is -0.459 e. The van der Waals surface area contributed by atoms with Crippen molar-refractivity contribution >= 4 is 21.7 Å². The molecule has 0 aliphatic heterocycles. The van der Waals surface area contributed by atoms with Crippen molar-refractivity contribution in [2.45, 2.75) is 37.0 Å². The van der Waals surface area contributed by atoms with Gasteiger partial charge in [0.05, 0.1) is 15.4 Å². The zero-order chi connectivity index (χ0) is 24.9. The van der Waals surface area contributed by atoms with Crippen LogP contribution in [0.1, 0.15) is 29.7 Å². The highest BCUT2D eigenvalue weighted by Gasteiger charge is 2.48. The van der Waals surface area contributed by atoms with Crippen molar-refractivity contribution in [1.82, 2.24) is 4.72 Å². The summed E-state index contributed by atoms with van der Waals surface area (Å²) < 4.78 is 33.8. The first-order valence-electron chi connectivity index (χ1n) is 10.3. The third-order valence-electron chi connectivity index (χ3n) is 5.29. The molecule has 0 fully saturated rings. The molecule has 2 atom stereocenters. The number of aliphatic hydroxyl groups excluding tert-OH is 1. The van der Waals surface area contributed by atoms with Crippen LogP contribution in [-0.4, -0.2) is 30.0 Å². The van der Waals surface area contributed by atoms with Crippen LogP contribution in [0, 0.1) is 17.0 Å². The fourth-order valence-electron chi connectivity index (χ4n) is 3.33. The van der Waals surface area contributed by atoms with Gasteiger partial charge >= 0.3 is 5.97 Å². The Morgan fingerprint density at radius 2 is 1.65 bits per heavy atom. The van der Waals surface area contributed by atoms with Gasteiger partial charge in [0.1, 0.15) is 12.7 Å². The molecule has 3 aromatic carbocycles. The van der Waals surface area contributed by atoms with E-state index in [-0.39, 0.29) is 17.1 Å². The molecule has 0 unspecified atom stereocenters. The molecule has 0 aromatic heterocycles. The molecular weight excluding hydrogens is 460 g/mol. The number of aryl methyl sites for hydroxylation is 1. The number of hydrogen-bond acceptors (Lipinski definition) is 7. The largest absolute Gasteiger partial charge is 0.459 e. The summed E-state index contributed by atoms with van der Waals surface area (Å²) in [6.07, 6.45) is -1.93. The summed E-state index contributed by atoms with van der Waals surface area (Å²) in [6.45, 7) is 2.73. The van der Waals surface area contributed by atoms with Gasteiger partial charge in [0.15, 0.2) is 5.54 Å². The normalized spacial score (nSPS) is 14.1. The number of nitro benzene ring substituents is 1. The first-order valence-corrected chi connectivity index (χ1v) is 11.8. The van der Waals surface area contributed by atoms with Crippen LogP contribution in [0.3, 0.4) is 0 Å². The second-order valence-corrected chi connectivity index (χ2v) is 9.58. The van der Waals surface area contributed by atoms with E-state index in [1.165, 1.54) is 30.3 Å². The summed E-state index contributed by atoms with van der Waals surface area (Å²) in [5, 5.41) is 22.7. The predicted octanol–water partition coefficient (Wildman–Crippen LogP) is 3.42. The highest BCUT2D eigenvalue weighted by molar-refractivity contribution is 7.89. The van der Waals surface area contributed by atoms with Gasteiger partial charge in [-0.05, 0) is 37.6 Å². The Balaban J connectivity index is 2.02. The second kappa shape index (κ2) is 10.1. The first-order chi connectivity index (χ1) is 16.0. The molecular formula is C24H24N2O7S. The Labute approximate surface area is 197 Å². The van der Waals surface area contributed by atoms with Crippen molar-refractivity contribution in [1.29, 1.82) is 0 Å². The molecule has 178 valence electrons. The minimum absolute atomic E-state index is 0.144. The molecule has 2 N–H and O–H groups in total. The number of ether oxygens (including phenoxy) is 1. The Hall–Kier alpha value is -3.60. The third kappa shape index (κ3) is 5.48. The lowest BCUT2D eigenvalue weighted by molar-refractivity contribution is -0.386. The van der Waals surface area contributed by atoms with Crippen LogP contribution in [0.15, 0.2) is 83.8 Å². The van der Waals surface area contributed by atoms with Crippen molar-refractivity contribution in [2.75, 3.05) is 0 Å². The Bertz CT molecular complexity index is 1280. The van der Waals surface area contributed by atoms with Gasteiger partial charge in [-0.15, -0.1) is 0 Å². The lowest BCUT2D eigenvalue weighted by Crippen LogP contribution is -2.56. The lowest BCUT2D eigenvalue weighted by Gasteiger charge is -2.32. The standard InChI is InChI=1S/C24H24N2O7S/c1-17-12-14-19(15-13-17)34(31,32)25-24(2,23(28)33-16-18-8-4-3-5-9-18)22(27)20-10-6-7-11-21(20)26(29)30/h3-15,22,25,27H,16H2,1-2H3/t22-,24+/m1/s1. The summed E-state index contributed by atoms with van der Waals surface area (Å²) in [7, 11) is -4.33. The number of carbonyl (C=O) groups is 1. The van der Waals surface area contributed by atoms with E-state index in [0.717, 1.165) is 18.6 Å². The van der Waals surface area contributed by atoms with E-state index in [1.54, 1.807) is 49.4 Å². The maximum Gasteiger partial charge on any atom is 0.330 e. The van der Waals surface area contributed by atoms with Gasteiger partial charge in [0.25, 0.3) is 5.69 Å². The van der Waals surface area contributed by atoms with Gasteiger partial charge in [-0.1, -0.05) is 60.2 Å². The van der Waals surface area contributed by atoms with E-state index in [4.69, 9.17) is 4.74 Å². The maximum atomic E-state index is 13.2. The van der Waals surface area contributed by atoms with Gasteiger partial charge < -0.3 is 9.84 Å². The predicted molar refractivity (Wildman–Crippen MR) is 124 cm³/mol. The molecule has 0 amide bonds. The summed E-state index contributed by atoms with van der Waals surface area (Å²) >= 11 is 0. The molecule has 3 rings (SSSR count). The van der Waals surface area contributed by atoms with E-state index in [0.29, 0.717) is 5.56 Å². The monoisotopic (exact) mass is 484 g/mol. The average Bonchev–Trinajstić information content (AvgIpc) is 2.82. The highest BCUT2D eigenvalue weighted by atomic mass is 32.2.